The van der Waals surface area contributed by atoms with Gasteiger partial charge in [-0.25, -0.2) is 9.61 Å². The van der Waals surface area contributed by atoms with E-state index in [0.717, 1.165) is 31.4 Å². The molecule has 0 unspecified atom stereocenters. The summed E-state index contributed by atoms with van der Waals surface area (Å²) in [4.78, 5) is 23.4. The van der Waals surface area contributed by atoms with Crippen LogP contribution in [0.2, 0.25) is 0 Å². The predicted molar refractivity (Wildman–Crippen MR) is 86.0 cm³/mol. The number of rotatable bonds is 3. The lowest BCUT2D eigenvalue weighted by atomic mass is 10.2. The molecule has 0 radical (unpaired) electrons. The van der Waals surface area contributed by atoms with E-state index < -0.39 is 0 Å². The van der Waals surface area contributed by atoms with Gasteiger partial charge < -0.3 is 15.2 Å². The minimum atomic E-state index is -0.0157. The molecule has 0 aromatic carbocycles. The molecular formula is C15H17N7O2. The van der Waals surface area contributed by atoms with Crippen LogP contribution in [0, 0.1) is 0 Å². The molecule has 3 aromatic rings. The van der Waals surface area contributed by atoms with E-state index in [9.17, 15) is 4.79 Å². The molecular weight excluding hydrogens is 310 g/mol. The Morgan fingerprint density at radius 3 is 2.75 bits per heavy atom. The Morgan fingerprint density at radius 1 is 1.29 bits per heavy atom. The largest absolute Gasteiger partial charge is 0.379 e. The second-order valence-corrected chi connectivity index (χ2v) is 5.73. The molecule has 124 valence electrons. The van der Waals surface area contributed by atoms with Crippen LogP contribution in [0.4, 0.5) is 5.82 Å². The molecule has 9 nitrogen and oxygen atoms in total. The second kappa shape index (κ2) is 5.59. The van der Waals surface area contributed by atoms with Crippen LogP contribution in [0.15, 0.2) is 17.0 Å². The Balaban J connectivity index is 1.92. The van der Waals surface area contributed by atoms with Crippen molar-refractivity contribution >= 4 is 22.8 Å². The van der Waals surface area contributed by atoms with Crippen molar-refractivity contribution < 1.29 is 9.42 Å². The molecule has 1 amide bonds. The number of fused-ring (bicyclic) bond motifs is 1. The number of aryl methyl sites for hydroxylation is 1. The first-order chi connectivity index (χ1) is 11.7. The lowest BCUT2D eigenvalue weighted by Gasteiger charge is -2.16. The molecule has 2 N–H and O–H groups in total. The van der Waals surface area contributed by atoms with Crippen molar-refractivity contribution in [3.8, 4) is 11.5 Å². The van der Waals surface area contributed by atoms with Crippen LogP contribution >= 0.6 is 0 Å². The van der Waals surface area contributed by atoms with Crippen molar-refractivity contribution in [2.24, 2.45) is 0 Å². The zero-order chi connectivity index (χ0) is 16.7. The molecule has 1 saturated heterocycles. The molecule has 0 saturated carbocycles. The fourth-order valence-corrected chi connectivity index (χ4v) is 3.17. The highest BCUT2D eigenvalue weighted by Gasteiger charge is 2.26. The van der Waals surface area contributed by atoms with Gasteiger partial charge in [0.05, 0.1) is 17.3 Å². The molecule has 1 aliphatic heterocycles. The molecule has 24 heavy (non-hydrogen) atoms. The van der Waals surface area contributed by atoms with Crippen LogP contribution in [-0.4, -0.2) is 48.7 Å². The number of nitrogen functional groups attached to an aromatic ring is 1. The highest BCUT2D eigenvalue weighted by Crippen LogP contribution is 2.29. The molecule has 0 atom stereocenters. The first kappa shape index (κ1) is 14.6. The molecule has 9 heteroatoms. The molecule has 4 rings (SSSR count). The van der Waals surface area contributed by atoms with Crippen LogP contribution in [-0.2, 0) is 6.54 Å². The third kappa shape index (κ3) is 2.12. The van der Waals surface area contributed by atoms with Crippen LogP contribution in [0.1, 0.15) is 30.1 Å². The minimum absolute atomic E-state index is 0.0157. The summed E-state index contributed by atoms with van der Waals surface area (Å²) in [5.74, 6) is 0.674. The monoisotopic (exact) mass is 327 g/mol. The number of likely N-dealkylation sites (tertiary alicyclic amines) is 1. The number of pyridine rings is 1. The summed E-state index contributed by atoms with van der Waals surface area (Å²) in [6.45, 7) is 4.13. The fraction of sp³-hybridized carbons (Fsp3) is 0.400. The van der Waals surface area contributed by atoms with Gasteiger partial charge in [0.15, 0.2) is 17.3 Å². The number of amides is 1. The summed E-state index contributed by atoms with van der Waals surface area (Å²) in [5.41, 5.74) is 8.08. The molecule has 1 fully saturated rings. The highest BCUT2D eigenvalue weighted by molar-refractivity contribution is 6.05. The van der Waals surface area contributed by atoms with Gasteiger partial charge in [0.25, 0.3) is 5.91 Å². The first-order valence-corrected chi connectivity index (χ1v) is 7.92. The number of nitrogens with two attached hydrogens (primary N) is 1. The Kier molecular flexibility index (Phi) is 3.40. The summed E-state index contributed by atoms with van der Waals surface area (Å²) < 4.78 is 6.58. The van der Waals surface area contributed by atoms with Crippen LogP contribution in [0.25, 0.3) is 22.6 Å². The zero-order valence-corrected chi connectivity index (χ0v) is 13.3. The maximum absolute atomic E-state index is 12.9. The number of nitrogens with zero attached hydrogens (tertiary/aromatic N) is 6. The smallest absolute Gasteiger partial charge is 0.257 e. The number of hydrogen-bond donors (Lipinski definition) is 1. The van der Waals surface area contributed by atoms with Crippen molar-refractivity contribution in [1.29, 1.82) is 0 Å². The average Bonchev–Trinajstić information content (AvgIpc) is 3.32. The summed E-state index contributed by atoms with van der Waals surface area (Å²) in [6, 6.07) is 0. The third-order valence-electron chi connectivity index (χ3n) is 4.32. The topological polar surface area (TPSA) is 116 Å². The molecule has 0 aliphatic carbocycles. The van der Waals surface area contributed by atoms with E-state index in [1.165, 1.54) is 0 Å². The van der Waals surface area contributed by atoms with E-state index in [4.69, 9.17) is 5.73 Å². The molecule has 0 bridgehead atoms. The van der Waals surface area contributed by atoms with E-state index in [1.807, 2.05) is 16.4 Å². The Bertz CT molecular complexity index is 908. The van der Waals surface area contributed by atoms with Gasteiger partial charge in [0.2, 0.25) is 0 Å². The van der Waals surface area contributed by atoms with E-state index >= 15 is 0 Å². The molecule has 1 aliphatic rings. The van der Waals surface area contributed by atoms with E-state index in [0.29, 0.717) is 29.1 Å². The molecule has 3 aromatic heterocycles. The number of carbonyl (C=O) groups excluding carboxylic acids is 1. The fourth-order valence-electron chi connectivity index (χ4n) is 3.17. The van der Waals surface area contributed by atoms with Gasteiger partial charge in [-0.05, 0) is 30.1 Å². The maximum Gasteiger partial charge on any atom is 0.257 e. The SMILES string of the molecule is CCn1c(-c2nonc2N)nc2cncc(C(=O)N3CCCC3)c21. The van der Waals surface area contributed by atoms with Gasteiger partial charge in [-0.3, -0.25) is 9.78 Å². The van der Waals surface area contributed by atoms with Crippen molar-refractivity contribution in [3.63, 3.8) is 0 Å². The molecule has 0 spiro atoms. The van der Waals surface area contributed by atoms with Gasteiger partial charge in [-0.2, -0.15) is 0 Å². The Morgan fingerprint density at radius 2 is 2.08 bits per heavy atom. The van der Waals surface area contributed by atoms with Gasteiger partial charge in [-0.15, -0.1) is 0 Å². The van der Waals surface area contributed by atoms with Crippen LogP contribution < -0.4 is 5.73 Å². The number of hydrogen-bond acceptors (Lipinski definition) is 7. The van der Waals surface area contributed by atoms with Crippen molar-refractivity contribution in [1.82, 2.24) is 29.7 Å². The summed E-state index contributed by atoms with van der Waals surface area (Å²) in [7, 11) is 0. The second-order valence-electron chi connectivity index (χ2n) is 5.73. The predicted octanol–water partition coefficient (Wildman–Crippen LogP) is 1.32. The van der Waals surface area contributed by atoms with Crippen molar-refractivity contribution in [2.45, 2.75) is 26.3 Å². The van der Waals surface area contributed by atoms with E-state index in [1.54, 1.807) is 12.4 Å². The standard InChI is InChI=1S/C15H17N7O2/c1-2-22-12-9(15(23)21-5-3-4-6-21)7-17-8-10(12)18-14(22)11-13(16)20-24-19-11/h7-8H,2-6H2,1H3,(H2,16,20). The Hall–Kier alpha value is -2.97. The summed E-state index contributed by atoms with van der Waals surface area (Å²) in [5, 5.41) is 7.44. The number of imidazole rings is 1. The van der Waals surface area contributed by atoms with Crippen molar-refractivity contribution in [3.05, 3.63) is 18.0 Å². The maximum atomic E-state index is 12.9. The average molecular weight is 327 g/mol. The quantitative estimate of drug-likeness (QED) is 0.771. The summed E-state index contributed by atoms with van der Waals surface area (Å²) >= 11 is 0. The normalized spacial score (nSPS) is 14.6. The minimum Gasteiger partial charge on any atom is -0.379 e. The first-order valence-electron chi connectivity index (χ1n) is 7.92. The van der Waals surface area contributed by atoms with Crippen LogP contribution in [0.3, 0.4) is 0 Å². The third-order valence-corrected chi connectivity index (χ3v) is 4.32. The lowest BCUT2D eigenvalue weighted by molar-refractivity contribution is 0.0794. The van der Waals surface area contributed by atoms with Crippen LogP contribution in [0.5, 0.6) is 0 Å². The van der Waals surface area contributed by atoms with E-state index in [2.05, 4.69) is 24.9 Å². The van der Waals surface area contributed by atoms with Gasteiger partial charge in [0.1, 0.15) is 5.52 Å². The zero-order valence-electron chi connectivity index (χ0n) is 13.3. The van der Waals surface area contributed by atoms with Crippen molar-refractivity contribution in [2.75, 3.05) is 18.8 Å². The summed E-state index contributed by atoms with van der Waals surface area (Å²) in [6.07, 6.45) is 5.31. The lowest BCUT2D eigenvalue weighted by Crippen LogP contribution is -2.28. The number of carbonyl (C=O) groups is 1. The number of aromatic nitrogens is 5. The van der Waals surface area contributed by atoms with Gasteiger partial charge in [-0.1, -0.05) is 0 Å². The highest BCUT2D eigenvalue weighted by atomic mass is 16.6. The van der Waals surface area contributed by atoms with E-state index in [-0.39, 0.29) is 11.7 Å². The number of anilines is 1. The van der Waals surface area contributed by atoms with Gasteiger partial charge in [0, 0.05) is 25.8 Å². The molecule has 4 heterocycles. The Labute approximate surface area is 137 Å². The van der Waals surface area contributed by atoms with Gasteiger partial charge >= 0.3 is 0 Å².